The Kier molecular flexibility index (Phi) is 3.95. The fourth-order valence-electron chi connectivity index (χ4n) is 2.42. The Hall–Kier alpha value is -1.75. The van der Waals surface area contributed by atoms with Crippen molar-refractivity contribution in [3.63, 3.8) is 0 Å². The molecule has 0 aromatic heterocycles. The average molecular weight is 264 g/mol. The lowest BCUT2D eigenvalue weighted by Crippen LogP contribution is -2.52. The number of benzene rings is 1. The number of urea groups is 1. The molecule has 19 heavy (non-hydrogen) atoms. The molecular formula is C14H20N2O3. The van der Waals surface area contributed by atoms with Crippen molar-refractivity contribution in [1.82, 2.24) is 9.80 Å². The molecule has 2 amide bonds. The average Bonchev–Trinajstić information content (AvgIpc) is 2.44. The molecular weight excluding hydrogens is 244 g/mol. The summed E-state index contributed by atoms with van der Waals surface area (Å²) in [4.78, 5) is 15.2. The summed E-state index contributed by atoms with van der Waals surface area (Å²) < 4.78 is 5.09. The Labute approximate surface area is 113 Å². The van der Waals surface area contributed by atoms with Crippen LogP contribution in [-0.2, 0) is 0 Å². The molecule has 1 aliphatic rings. The van der Waals surface area contributed by atoms with Crippen molar-refractivity contribution < 1.29 is 14.6 Å². The van der Waals surface area contributed by atoms with Crippen molar-refractivity contribution in [1.29, 1.82) is 0 Å². The van der Waals surface area contributed by atoms with E-state index in [0.29, 0.717) is 6.54 Å². The number of aliphatic hydroxyl groups is 1. The Morgan fingerprint density at radius 3 is 2.53 bits per heavy atom. The van der Waals surface area contributed by atoms with Gasteiger partial charge in [-0.15, -0.1) is 0 Å². The summed E-state index contributed by atoms with van der Waals surface area (Å²) in [5, 5.41) is 10.4. The van der Waals surface area contributed by atoms with E-state index < -0.39 is 6.10 Å². The zero-order chi connectivity index (χ0) is 14.0. The van der Waals surface area contributed by atoms with Gasteiger partial charge in [-0.2, -0.15) is 0 Å². The number of hydrogen-bond donors (Lipinski definition) is 1. The molecule has 5 nitrogen and oxygen atoms in total. The molecule has 1 N–H and O–H groups in total. The fourth-order valence-corrected chi connectivity index (χ4v) is 2.42. The van der Waals surface area contributed by atoms with Crippen LogP contribution in [-0.4, -0.2) is 54.7 Å². The molecule has 1 heterocycles. The normalized spacial score (nSPS) is 21.5. The van der Waals surface area contributed by atoms with E-state index in [0.717, 1.165) is 17.7 Å². The lowest BCUT2D eigenvalue weighted by molar-refractivity contribution is 0.0405. The molecule has 5 heteroatoms. The van der Waals surface area contributed by atoms with Gasteiger partial charge in [0.2, 0.25) is 0 Å². The first kappa shape index (κ1) is 13.7. The Morgan fingerprint density at radius 2 is 1.95 bits per heavy atom. The highest BCUT2D eigenvalue weighted by Crippen LogP contribution is 2.27. The summed E-state index contributed by atoms with van der Waals surface area (Å²) in [5.74, 6) is 0.753. The van der Waals surface area contributed by atoms with Crippen molar-refractivity contribution in [2.75, 3.05) is 27.7 Å². The number of carbonyl (C=O) groups excluding carboxylic acids is 1. The van der Waals surface area contributed by atoms with Crippen LogP contribution in [0.25, 0.3) is 0 Å². The molecule has 2 rings (SSSR count). The summed E-state index contributed by atoms with van der Waals surface area (Å²) >= 11 is 0. The molecule has 0 spiro atoms. The summed E-state index contributed by atoms with van der Waals surface area (Å²) in [7, 11) is 5.11. The summed E-state index contributed by atoms with van der Waals surface area (Å²) in [5.41, 5.74) is 0.801. The van der Waals surface area contributed by atoms with Gasteiger partial charge >= 0.3 is 6.03 Å². The van der Waals surface area contributed by atoms with E-state index in [1.807, 2.05) is 24.3 Å². The van der Waals surface area contributed by atoms with Crippen LogP contribution in [0.1, 0.15) is 18.1 Å². The third-order valence-electron chi connectivity index (χ3n) is 3.71. The number of rotatable bonds is 3. The van der Waals surface area contributed by atoms with Gasteiger partial charge in [-0.1, -0.05) is 12.1 Å². The predicted molar refractivity (Wildman–Crippen MR) is 72.1 cm³/mol. The monoisotopic (exact) mass is 264 g/mol. The number of carbonyl (C=O) groups is 1. The number of likely N-dealkylation sites (N-methyl/N-ethyl adjacent to an activating group) is 1. The van der Waals surface area contributed by atoms with Crippen molar-refractivity contribution in [3.8, 4) is 5.75 Å². The highest BCUT2D eigenvalue weighted by molar-refractivity contribution is 5.75. The maximum absolute atomic E-state index is 11.9. The highest BCUT2D eigenvalue weighted by atomic mass is 16.5. The summed E-state index contributed by atoms with van der Waals surface area (Å²) in [6.07, 6.45) is 0.0833. The van der Waals surface area contributed by atoms with Crippen molar-refractivity contribution in [2.24, 2.45) is 0 Å². The number of amides is 2. The molecule has 1 fully saturated rings. The lowest BCUT2D eigenvalue weighted by atomic mass is 9.97. The molecule has 104 valence electrons. The standard InChI is InChI=1S/C14H20N2O3/c1-15-9-8-12(16(2)14(15)18)13(17)10-4-6-11(19-3)7-5-10/h4-7,12-13,17H,8-9H2,1-3H3/t12-,13-/m1/s1. The minimum absolute atomic E-state index is 0.0520. The van der Waals surface area contributed by atoms with E-state index in [-0.39, 0.29) is 12.1 Å². The van der Waals surface area contributed by atoms with E-state index in [4.69, 9.17) is 4.74 Å². The van der Waals surface area contributed by atoms with Gasteiger partial charge in [-0.25, -0.2) is 4.79 Å². The SMILES string of the molecule is COc1ccc([C@@H](O)[C@H]2CCN(C)C(=O)N2C)cc1. The number of aliphatic hydroxyl groups excluding tert-OH is 1. The van der Waals surface area contributed by atoms with E-state index in [9.17, 15) is 9.90 Å². The van der Waals surface area contributed by atoms with Crippen LogP contribution < -0.4 is 4.74 Å². The van der Waals surface area contributed by atoms with Gasteiger partial charge in [0.15, 0.2) is 0 Å². The van der Waals surface area contributed by atoms with Gasteiger partial charge in [0.25, 0.3) is 0 Å². The van der Waals surface area contributed by atoms with Crippen molar-refractivity contribution in [3.05, 3.63) is 29.8 Å². The topological polar surface area (TPSA) is 53.0 Å². The van der Waals surface area contributed by atoms with Crippen LogP contribution in [0.15, 0.2) is 24.3 Å². The van der Waals surface area contributed by atoms with Crippen LogP contribution in [0, 0.1) is 0 Å². The molecule has 0 bridgehead atoms. The largest absolute Gasteiger partial charge is 0.497 e. The van der Waals surface area contributed by atoms with Gasteiger partial charge in [0.1, 0.15) is 5.75 Å². The quantitative estimate of drug-likeness (QED) is 0.899. The molecule has 1 saturated heterocycles. The molecule has 1 aromatic rings. The van der Waals surface area contributed by atoms with E-state index in [1.54, 1.807) is 31.0 Å². The van der Waals surface area contributed by atoms with E-state index in [2.05, 4.69) is 0 Å². The molecule has 2 atom stereocenters. The predicted octanol–water partition coefficient (Wildman–Crippen LogP) is 1.48. The number of nitrogens with zero attached hydrogens (tertiary/aromatic N) is 2. The summed E-state index contributed by atoms with van der Waals surface area (Å²) in [6, 6.07) is 7.06. The van der Waals surface area contributed by atoms with E-state index >= 15 is 0 Å². The Bertz CT molecular complexity index is 447. The van der Waals surface area contributed by atoms with Crippen LogP contribution >= 0.6 is 0 Å². The minimum Gasteiger partial charge on any atom is -0.497 e. The number of hydrogen-bond acceptors (Lipinski definition) is 3. The molecule has 0 unspecified atom stereocenters. The third-order valence-corrected chi connectivity index (χ3v) is 3.71. The van der Waals surface area contributed by atoms with Gasteiger partial charge < -0.3 is 19.6 Å². The van der Waals surface area contributed by atoms with Crippen LogP contribution in [0.3, 0.4) is 0 Å². The molecule has 0 aliphatic carbocycles. The zero-order valence-corrected chi connectivity index (χ0v) is 11.5. The highest BCUT2D eigenvalue weighted by Gasteiger charge is 2.33. The lowest BCUT2D eigenvalue weighted by Gasteiger charge is -2.40. The second-order valence-electron chi connectivity index (χ2n) is 4.89. The first-order valence-electron chi connectivity index (χ1n) is 6.34. The van der Waals surface area contributed by atoms with Crippen LogP contribution in [0.5, 0.6) is 5.75 Å². The Morgan fingerprint density at radius 1 is 1.32 bits per heavy atom. The number of methoxy groups -OCH3 is 1. The number of ether oxygens (including phenoxy) is 1. The molecule has 0 radical (unpaired) electrons. The van der Waals surface area contributed by atoms with E-state index in [1.165, 1.54) is 0 Å². The molecule has 1 aromatic carbocycles. The van der Waals surface area contributed by atoms with Crippen LogP contribution in [0.2, 0.25) is 0 Å². The smallest absolute Gasteiger partial charge is 0.319 e. The van der Waals surface area contributed by atoms with Gasteiger partial charge in [0.05, 0.1) is 19.3 Å². The molecule has 1 aliphatic heterocycles. The van der Waals surface area contributed by atoms with Gasteiger partial charge in [-0.05, 0) is 24.1 Å². The third kappa shape index (κ3) is 2.66. The second kappa shape index (κ2) is 5.48. The van der Waals surface area contributed by atoms with Gasteiger partial charge in [-0.3, -0.25) is 0 Å². The zero-order valence-electron chi connectivity index (χ0n) is 11.5. The summed E-state index contributed by atoms with van der Waals surface area (Å²) in [6.45, 7) is 0.668. The maximum atomic E-state index is 11.9. The van der Waals surface area contributed by atoms with Crippen molar-refractivity contribution in [2.45, 2.75) is 18.6 Å². The maximum Gasteiger partial charge on any atom is 0.319 e. The Balaban J connectivity index is 2.14. The first-order chi connectivity index (χ1) is 9.04. The van der Waals surface area contributed by atoms with Crippen LogP contribution in [0.4, 0.5) is 4.79 Å². The first-order valence-corrected chi connectivity index (χ1v) is 6.34. The van der Waals surface area contributed by atoms with Gasteiger partial charge in [0, 0.05) is 20.6 Å². The fraction of sp³-hybridized carbons (Fsp3) is 0.500. The minimum atomic E-state index is -0.673. The second-order valence-corrected chi connectivity index (χ2v) is 4.89. The molecule has 0 saturated carbocycles. The van der Waals surface area contributed by atoms with Crippen molar-refractivity contribution >= 4 is 6.03 Å².